The van der Waals surface area contributed by atoms with E-state index in [0.29, 0.717) is 16.3 Å². The van der Waals surface area contributed by atoms with Gasteiger partial charge in [0.25, 0.3) is 11.8 Å². The molecule has 26 heavy (non-hydrogen) atoms. The van der Waals surface area contributed by atoms with Crippen LogP contribution in [0.25, 0.3) is 0 Å². The fourth-order valence-electron chi connectivity index (χ4n) is 2.06. The maximum absolute atomic E-state index is 11.9. The molecule has 0 fully saturated rings. The number of benzene rings is 2. The zero-order chi connectivity index (χ0) is 19.3. The molecule has 7 heteroatoms. The van der Waals surface area contributed by atoms with E-state index in [1.54, 1.807) is 24.3 Å². The molecule has 0 saturated carbocycles. The Kier molecular flexibility index (Phi) is 6.67. The summed E-state index contributed by atoms with van der Waals surface area (Å²) in [6.07, 6.45) is 0. The van der Waals surface area contributed by atoms with E-state index in [1.165, 1.54) is 0 Å². The van der Waals surface area contributed by atoms with Gasteiger partial charge in [-0.1, -0.05) is 38.4 Å². The maximum atomic E-state index is 11.9. The number of hydrogen-bond acceptors (Lipinski definition) is 3. The fourth-order valence-corrected chi connectivity index (χ4v) is 2.68. The third-order valence-electron chi connectivity index (χ3n) is 3.58. The van der Waals surface area contributed by atoms with Crippen LogP contribution in [0.1, 0.15) is 36.7 Å². The number of carbonyl (C=O) groups is 2. The predicted octanol–water partition coefficient (Wildman–Crippen LogP) is 4.24. The Morgan fingerprint density at radius 2 is 1.73 bits per heavy atom. The summed E-state index contributed by atoms with van der Waals surface area (Å²) < 4.78 is 6.26. The zero-order valence-corrected chi connectivity index (χ0v) is 17.1. The number of amides is 2. The highest BCUT2D eigenvalue weighted by Gasteiger charge is 2.16. The Labute approximate surface area is 166 Å². The van der Waals surface area contributed by atoms with Crippen molar-refractivity contribution in [3.05, 3.63) is 63.1 Å². The summed E-state index contributed by atoms with van der Waals surface area (Å²) in [7, 11) is 0. The Morgan fingerprint density at radius 3 is 2.31 bits per heavy atom. The molecule has 0 aliphatic carbocycles. The molecule has 0 aliphatic rings. The predicted molar refractivity (Wildman–Crippen MR) is 105 cm³/mol. The molecule has 2 aromatic carbocycles. The molecule has 2 N–H and O–H groups in total. The standard InChI is InChI=1S/C19H20BrClN2O3/c1-19(2,3)13-6-9-16(15(20)10-13)26-11-17(24)22-23-18(25)12-4-7-14(21)8-5-12/h4-10H,11H2,1-3H3,(H,22,24)(H,23,25). The molecular weight excluding hydrogens is 420 g/mol. The van der Waals surface area contributed by atoms with E-state index in [0.717, 1.165) is 10.0 Å². The quantitative estimate of drug-likeness (QED) is 0.700. The normalized spacial score (nSPS) is 11.0. The van der Waals surface area contributed by atoms with Crippen molar-refractivity contribution in [2.75, 3.05) is 6.61 Å². The molecule has 5 nitrogen and oxygen atoms in total. The summed E-state index contributed by atoms with van der Waals surface area (Å²) in [6.45, 7) is 6.12. The van der Waals surface area contributed by atoms with Gasteiger partial charge in [-0.25, -0.2) is 0 Å². The Bertz CT molecular complexity index is 801. The first-order valence-corrected chi connectivity index (χ1v) is 9.11. The van der Waals surface area contributed by atoms with E-state index in [2.05, 4.69) is 47.6 Å². The molecule has 138 valence electrons. The van der Waals surface area contributed by atoms with Crippen LogP contribution in [0.4, 0.5) is 0 Å². The van der Waals surface area contributed by atoms with Gasteiger partial charge in [-0.3, -0.25) is 20.4 Å². The molecule has 0 atom stereocenters. The van der Waals surface area contributed by atoms with E-state index in [1.807, 2.05) is 18.2 Å². The first-order valence-electron chi connectivity index (χ1n) is 7.94. The van der Waals surface area contributed by atoms with Crippen LogP contribution in [-0.4, -0.2) is 18.4 Å². The number of hydrazine groups is 1. The van der Waals surface area contributed by atoms with Crippen molar-refractivity contribution >= 4 is 39.3 Å². The van der Waals surface area contributed by atoms with Gasteiger partial charge in [0.2, 0.25) is 0 Å². The second kappa shape index (κ2) is 8.56. The molecule has 0 heterocycles. The minimum Gasteiger partial charge on any atom is -0.483 e. The first-order chi connectivity index (χ1) is 12.2. The van der Waals surface area contributed by atoms with Crippen molar-refractivity contribution in [1.29, 1.82) is 0 Å². The monoisotopic (exact) mass is 438 g/mol. The van der Waals surface area contributed by atoms with Crippen molar-refractivity contribution < 1.29 is 14.3 Å². The van der Waals surface area contributed by atoms with Crippen LogP contribution < -0.4 is 15.6 Å². The average molecular weight is 440 g/mol. The summed E-state index contributed by atoms with van der Waals surface area (Å²) in [5.41, 5.74) is 6.19. The molecule has 0 saturated heterocycles. The van der Waals surface area contributed by atoms with Gasteiger partial charge in [-0.2, -0.15) is 0 Å². The molecule has 2 aromatic rings. The number of halogens is 2. The highest BCUT2D eigenvalue weighted by Crippen LogP contribution is 2.31. The summed E-state index contributed by atoms with van der Waals surface area (Å²) in [5.74, 6) is -0.359. The first kappa shape index (κ1) is 20.3. The lowest BCUT2D eigenvalue weighted by atomic mass is 9.87. The Morgan fingerprint density at radius 1 is 1.08 bits per heavy atom. The molecule has 0 radical (unpaired) electrons. The maximum Gasteiger partial charge on any atom is 0.276 e. The summed E-state index contributed by atoms with van der Waals surface area (Å²) in [5, 5.41) is 0.530. The second-order valence-electron chi connectivity index (χ2n) is 6.69. The summed E-state index contributed by atoms with van der Waals surface area (Å²) in [4.78, 5) is 23.8. The topological polar surface area (TPSA) is 67.4 Å². The minimum atomic E-state index is -0.473. The highest BCUT2D eigenvalue weighted by molar-refractivity contribution is 9.10. The molecular formula is C19H20BrClN2O3. The summed E-state index contributed by atoms with van der Waals surface area (Å²) >= 11 is 9.22. The van der Waals surface area contributed by atoms with E-state index >= 15 is 0 Å². The van der Waals surface area contributed by atoms with Gasteiger partial charge in [0.15, 0.2) is 6.61 Å². The molecule has 0 spiro atoms. The molecule has 2 amide bonds. The Balaban J connectivity index is 1.85. The van der Waals surface area contributed by atoms with E-state index in [9.17, 15) is 9.59 Å². The van der Waals surface area contributed by atoms with Crippen molar-refractivity contribution in [1.82, 2.24) is 10.9 Å². The van der Waals surface area contributed by atoms with Crippen molar-refractivity contribution in [2.45, 2.75) is 26.2 Å². The molecule has 0 bridgehead atoms. The van der Waals surface area contributed by atoms with Gasteiger partial charge in [0.1, 0.15) is 5.75 Å². The third-order valence-corrected chi connectivity index (χ3v) is 4.45. The van der Waals surface area contributed by atoms with Gasteiger partial charge in [0.05, 0.1) is 4.47 Å². The molecule has 2 rings (SSSR count). The van der Waals surface area contributed by atoms with Crippen molar-refractivity contribution in [3.8, 4) is 5.75 Å². The van der Waals surface area contributed by atoms with Gasteiger partial charge in [-0.15, -0.1) is 0 Å². The second-order valence-corrected chi connectivity index (χ2v) is 7.98. The van der Waals surface area contributed by atoms with Gasteiger partial charge >= 0.3 is 0 Å². The largest absolute Gasteiger partial charge is 0.483 e. The van der Waals surface area contributed by atoms with Crippen LogP contribution in [0.2, 0.25) is 5.02 Å². The number of rotatable bonds is 4. The lowest BCUT2D eigenvalue weighted by Crippen LogP contribution is -2.43. The van der Waals surface area contributed by atoms with Crippen molar-refractivity contribution in [2.24, 2.45) is 0 Å². The number of ether oxygens (including phenoxy) is 1. The number of hydrogen-bond donors (Lipinski definition) is 2. The molecule has 0 aliphatic heterocycles. The number of nitrogens with one attached hydrogen (secondary N) is 2. The van der Waals surface area contributed by atoms with E-state index in [-0.39, 0.29) is 12.0 Å². The van der Waals surface area contributed by atoms with Crippen LogP contribution >= 0.6 is 27.5 Å². The third kappa shape index (κ3) is 5.75. The average Bonchev–Trinajstić information content (AvgIpc) is 2.58. The SMILES string of the molecule is CC(C)(C)c1ccc(OCC(=O)NNC(=O)c2ccc(Cl)cc2)c(Br)c1. The summed E-state index contributed by atoms with van der Waals surface area (Å²) in [6, 6.07) is 12.1. The minimum absolute atomic E-state index is 0.0182. The molecule has 0 unspecified atom stereocenters. The number of carbonyl (C=O) groups excluding carboxylic acids is 2. The smallest absolute Gasteiger partial charge is 0.276 e. The van der Waals surface area contributed by atoms with Crippen LogP contribution in [0.5, 0.6) is 5.75 Å². The Hall–Kier alpha value is -2.05. The highest BCUT2D eigenvalue weighted by atomic mass is 79.9. The zero-order valence-electron chi connectivity index (χ0n) is 14.7. The fraction of sp³-hybridized carbons (Fsp3) is 0.263. The van der Waals surface area contributed by atoms with Crippen LogP contribution in [0.3, 0.4) is 0 Å². The van der Waals surface area contributed by atoms with Gasteiger partial charge in [-0.05, 0) is 63.3 Å². The van der Waals surface area contributed by atoms with Crippen molar-refractivity contribution in [3.63, 3.8) is 0 Å². The van der Waals surface area contributed by atoms with E-state index in [4.69, 9.17) is 16.3 Å². The van der Waals surface area contributed by atoms with Crippen LogP contribution in [0.15, 0.2) is 46.9 Å². The van der Waals surface area contributed by atoms with Gasteiger partial charge in [0, 0.05) is 10.6 Å². The van der Waals surface area contributed by atoms with Crippen LogP contribution in [-0.2, 0) is 10.2 Å². The van der Waals surface area contributed by atoms with Crippen LogP contribution in [0, 0.1) is 0 Å². The molecule has 0 aromatic heterocycles. The van der Waals surface area contributed by atoms with E-state index < -0.39 is 11.8 Å². The van der Waals surface area contributed by atoms with Gasteiger partial charge < -0.3 is 4.74 Å². The lowest BCUT2D eigenvalue weighted by Gasteiger charge is -2.20. The lowest BCUT2D eigenvalue weighted by molar-refractivity contribution is -0.123.